The Balaban J connectivity index is 3.19. The molecule has 0 fully saturated rings. The van der Waals surface area contributed by atoms with Crippen molar-refractivity contribution in [3.8, 4) is 0 Å². The Kier molecular flexibility index (Phi) is 5.86. The minimum Gasteiger partial charge on any atom is -0.396 e. The molecule has 8 nitrogen and oxygen atoms in total. The maximum atomic E-state index is 12.0. The van der Waals surface area contributed by atoms with Gasteiger partial charge in [0.1, 0.15) is 0 Å². The van der Waals surface area contributed by atoms with Crippen LogP contribution >= 0.6 is 0 Å². The molecule has 0 aliphatic rings. The third-order valence-electron chi connectivity index (χ3n) is 2.52. The quantitative estimate of drug-likeness (QED) is 0.354. The highest BCUT2D eigenvalue weighted by Crippen LogP contribution is 2.27. The number of nitrogens with one attached hydrogen (secondary N) is 1. The lowest BCUT2D eigenvalue weighted by atomic mass is 10.2. The van der Waals surface area contributed by atoms with Gasteiger partial charge in [-0.1, -0.05) is 0 Å². The molecule has 0 aliphatic heterocycles. The summed E-state index contributed by atoms with van der Waals surface area (Å²) in [5, 5.41) is 31.0. The number of aliphatic hydroxyl groups excluding tert-OH is 2. The van der Waals surface area contributed by atoms with Crippen molar-refractivity contribution in [3.63, 3.8) is 0 Å². The summed E-state index contributed by atoms with van der Waals surface area (Å²) in [7, 11) is -3.81. The largest absolute Gasteiger partial charge is 0.396 e. The molecule has 0 saturated heterocycles. The van der Waals surface area contributed by atoms with Crippen molar-refractivity contribution in [1.82, 2.24) is 0 Å². The molecule has 112 valence electrons. The Labute approximate surface area is 116 Å². The van der Waals surface area contributed by atoms with Gasteiger partial charge in [0.2, 0.25) is 0 Å². The monoisotopic (exact) mass is 304 g/mol. The van der Waals surface area contributed by atoms with Gasteiger partial charge in [-0.2, -0.15) is 0 Å². The summed E-state index contributed by atoms with van der Waals surface area (Å²) in [6.45, 7) is -0.296. The molecule has 0 aromatic heterocycles. The van der Waals surface area contributed by atoms with Gasteiger partial charge in [0.25, 0.3) is 5.69 Å². The molecule has 0 aliphatic carbocycles. The maximum Gasteiger partial charge on any atom is 0.270 e. The molecule has 1 aromatic carbocycles. The molecular formula is C11H16N2O6S. The minimum absolute atomic E-state index is 0.0568. The standard InChI is InChI=1S/C11H16N2O6S/c14-5-1-4-12-10-3-2-9(13(16)17)8-11(10)20(18,19)7-6-15/h2-3,8,12,14-15H,1,4-7H2. The van der Waals surface area contributed by atoms with Crippen LogP contribution in [-0.2, 0) is 9.84 Å². The van der Waals surface area contributed by atoms with Gasteiger partial charge in [-0.3, -0.25) is 10.1 Å². The summed E-state index contributed by atoms with van der Waals surface area (Å²) in [4.78, 5) is 9.81. The van der Waals surface area contributed by atoms with Crippen LogP contribution in [0.1, 0.15) is 6.42 Å². The third-order valence-corrected chi connectivity index (χ3v) is 4.25. The van der Waals surface area contributed by atoms with Crippen LogP contribution in [0, 0.1) is 10.1 Å². The number of sulfone groups is 1. The van der Waals surface area contributed by atoms with Crippen LogP contribution in [0.2, 0.25) is 0 Å². The van der Waals surface area contributed by atoms with Crippen molar-refractivity contribution < 1.29 is 23.6 Å². The first-order valence-electron chi connectivity index (χ1n) is 5.89. The number of benzene rings is 1. The molecule has 20 heavy (non-hydrogen) atoms. The van der Waals surface area contributed by atoms with E-state index in [0.717, 1.165) is 6.07 Å². The number of nitro groups is 1. The number of anilines is 1. The SMILES string of the molecule is O=[N+]([O-])c1ccc(NCCCO)c(S(=O)(=O)CCO)c1. The van der Waals surface area contributed by atoms with E-state index >= 15 is 0 Å². The van der Waals surface area contributed by atoms with Gasteiger partial charge in [0.05, 0.1) is 27.9 Å². The van der Waals surface area contributed by atoms with Gasteiger partial charge in [0, 0.05) is 25.3 Å². The first-order chi connectivity index (χ1) is 9.42. The van der Waals surface area contributed by atoms with Crippen LogP contribution in [0.3, 0.4) is 0 Å². The summed E-state index contributed by atoms with van der Waals surface area (Å²) in [6.07, 6.45) is 0.413. The lowest BCUT2D eigenvalue weighted by Crippen LogP contribution is -2.14. The Morgan fingerprint density at radius 1 is 1.25 bits per heavy atom. The summed E-state index contributed by atoms with van der Waals surface area (Å²) in [6, 6.07) is 3.46. The lowest BCUT2D eigenvalue weighted by molar-refractivity contribution is -0.385. The highest BCUT2D eigenvalue weighted by atomic mass is 32.2. The van der Waals surface area contributed by atoms with Crippen molar-refractivity contribution >= 4 is 21.2 Å². The topological polar surface area (TPSA) is 130 Å². The number of nitrogens with zero attached hydrogens (tertiary/aromatic N) is 1. The fraction of sp³-hybridized carbons (Fsp3) is 0.455. The third kappa shape index (κ3) is 4.15. The smallest absolute Gasteiger partial charge is 0.270 e. The molecule has 3 N–H and O–H groups in total. The Morgan fingerprint density at radius 3 is 2.50 bits per heavy atom. The second-order valence-corrected chi connectivity index (χ2v) is 6.06. The Bertz CT molecular complexity index is 572. The van der Waals surface area contributed by atoms with Crippen LogP contribution in [-0.4, -0.2) is 49.1 Å². The van der Waals surface area contributed by atoms with Crippen LogP contribution < -0.4 is 5.32 Å². The zero-order valence-electron chi connectivity index (χ0n) is 10.7. The number of hydrogen-bond acceptors (Lipinski definition) is 7. The summed E-state index contributed by atoms with van der Waals surface area (Å²) in [5.41, 5.74) is -0.119. The van der Waals surface area contributed by atoms with E-state index in [1.807, 2.05) is 0 Å². The van der Waals surface area contributed by atoms with Crippen LogP contribution in [0.15, 0.2) is 23.1 Å². The lowest BCUT2D eigenvalue weighted by Gasteiger charge is -2.11. The van der Waals surface area contributed by atoms with E-state index in [1.165, 1.54) is 12.1 Å². The average molecular weight is 304 g/mol. The predicted molar refractivity (Wildman–Crippen MR) is 72.4 cm³/mol. The van der Waals surface area contributed by atoms with E-state index in [2.05, 4.69) is 5.32 Å². The number of hydrogen-bond donors (Lipinski definition) is 3. The number of nitro benzene ring substituents is 1. The van der Waals surface area contributed by atoms with Gasteiger partial charge in [-0.05, 0) is 12.5 Å². The molecule has 0 atom stereocenters. The molecule has 0 saturated carbocycles. The van der Waals surface area contributed by atoms with Gasteiger partial charge >= 0.3 is 0 Å². The molecule has 0 unspecified atom stereocenters. The molecule has 9 heteroatoms. The van der Waals surface area contributed by atoms with Crippen molar-refractivity contribution in [3.05, 3.63) is 28.3 Å². The molecule has 0 amide bonds. The second-order valence-electron chi connectivity index (χ2n) is 3.98. The first-order valence-corrected chi connectivity index (χ1v) is 7.54. The van der Waals surface area contributed by atoms with Crippen molar-refractivity contribution in [2.24, 2.45) is 0 Å². The van der Waals surface area contributed by atoms with E-state index in [4.69, 9.17) is 10.2 Å². The number of rotatable bonds is 8. The van der Waals surface area contributed by atoms with Crippen LogP contribution in [0.4, 0.5) is 11.4 Å². The second kappa shape index (κ2) is 7.17. The van der Waals surface area contributed by atoms with Gasteiger partial charge in [-0.15, -0.1) is 0 Å². The normalized spacial score (nSPS) is 11.3. The first kappa shape index (κ1) is 16.3. The summed E-state index contributed by atoms with van der Waals surface area (Å²) in [5.74, 6) is -0.511. The van der Waals surface area contributed by atoms with E-state index in [1.54, 1.807) is 0 Å². The average Bonchev–Trinajstić information content (AvgIpc) is 2.39. The van der Waals surface area contributed by atoms with Crippen molar-refractivity contribution in [2.75, 3.05) is 30.8 Å². The highest BCUT2D eigenvalue weighted by molar-refractivity contribution is 7.91. The van der Waals surface area contributed by atoms with E-state index in [-0.39, 0.29) is 22.9 Å². The van der Waals surface area contributed by atoms with E-state index in [0.29, 0.717) is 13.0 Å². The molecule has 1 aromatic rings. The van der Waals surface area contributed by atoms with Crippen LogP contribution in [0.25, 0.3) is 0 Å². The Hall–Kier alpha value is -1.71. The summed E-state index contributed by atoms with van der Waals surface area (Å²) < 4.78 is 24.0. The molecular weight excluding hydrogens is 288 g/mol. The zero-order chi connectivity index (χ0) is 15.2. The highest BCUT2D eigenvalue weighted by Gasteiger charge is 2.21. The predicted octanol–water partition coefficient (Wildman–Crippen LogP) is 0.155. The zero-order valence-corrected chi connectivity index (χ0v) is 11.5. The van der Waals surface area contributed by atoms with Gasteiger partial charge < -0.3 is 15.5 Å². The molecule has 1 rings (SSSR count). The molecule has 0 spiro atoms. The minimum atomic E-state index is -3.81. The van der Waals surface area contributed by atoms with Gasteiger partial charge in [0.15, 0.2) is 9.84 Å². The maximum absolute atomic E-state index is 12.0. The van der Waals surface area contributed by atoms with E-state index in [9.17, 15) is 18.5 Å². The van der Waals surface area contributed by atoms with E-state index < -0.39 is 27.1 Å². The van der Waals surface area contributed by atoms with Crippen molar-refractivity contribution in [1.29, 1.82) is 0 Å². The fourth-order valence-electron chi connectivity index (χ4n) is 1.56. The summed E-state index contributed by atoms with van der Waals surface area (Å²) >= 11 is 0. The van der Waals surface area contributed by atoms with Gasteiger partial charge in [-0.25, -0.2) is 8.42 Å². The van der Waals surface area contributed by atoms with Crippen molar-refractivity contribution in [2.45, 2.75) is 11.3 Å². The fourth-order valence-corrected chi connectivity index (χ4v) is 2.80. The molecule has 0 bridgehead atoms. The molecule has 0 heterocycles. The molecule has 0 radical (unpaired) electrons. The number of non-ortho nitro benzene ring substituents is 1. The van der Waals surface area contributed by atoms with Crippen LogP contribution in [0.5, 0.6) is 0 Å². The number of aliphatic hydroxyl groups is 2. The Morgan fingerprint density at radius 2 is 1.95 bits per heavy atom.